The predicted octanol–water partition coefficient (Wildman–Crippen LogP) is 12.0. The molecule has 3 atom stereocenters. The fraction of sp³-hybridized carbons (Fsp3) is 0.702. The molecule has 0 aromatic carbocycles. The van der Waals surface area contributed by atoms with Crippen LogP contribution in [0.2, 0.25) is 0 Å². The first-order chi connectivity index (χ1) is 28.2. The molecule has 58 heavy (non-hydrogen) atoms. The van der Waals surface area contributed by atoms with Gasteiger partial charge in [0.1, 0.15) is 6.61 Å². The van der Waals surface area contributed by atoms with Crippen LogP contribution in [0.1, 0.15) is 174 Å². The summed E-state index contributed by atoms with van der Waals surface area (Å²) in [6, 6.07) is 0. The smallest absolute Gasteiger partial charge is 0.462 e. The van der Waals surface area contributed by atoms with E-state index in [1.54, 1.807) is 6.08 Å². The van der Waals surface area contributed by atoms with Crippen molar-refractivity contribution in [1.82, 2.24) is 0 Å². The number of allylic oxidation sites excluding steroid dienone is 10. The fourth-order valence-electron chi connectivity index (χ4n) is 5.86. The Bertz CT molecular complexity index is 1200. The molecule has 0 spiro atoms. The van der Waals surface area contributed by atoms with E-state index in [1.165, 1.54) is 83.5 Å². The number of ether oxygens (including phenoxy) is 2. The molecule has 2 unspecified atom stereocenters. The van der Waals surface area contributed by atoms with Crippen molar-refractivity contribution in [2.75, 3.05) is 26.4 Å². The third kappa shape index (κ3) is 41.6. The third-order valence-electron chi connectivity index (χ3n) is 9.20. The van der Waals surface area contributed by atoms with Crippen molar-refractivity contribution < 1.29 is 42.7 Å². The summed E-state index contributed by atoms with van der Waals surface area (Å²) in [5.74, 6) is -0.956. The number of nitrogens with two attached hydrogens (primary N) is 1. The molecule has 0 aromatic rings. The summed E-state index contributed by atoms with van der Waals surface area (Å²) in [7, 11) is -4.41. The van der Waals surface area contributed by atoms with E-state index in [2.05, 4.69) is 32.1 Å². The lowest BCUT2D eigenvalue weighted by Crippen LogP contribution is -2.29. The first-order valence-electron chi connectivity index (χ1n) is 22.5. The van der Waals surface area contributed by atoms with E-state index in [0.29, 0.717) is 19.3 Å². The lowest BCUT2D eigenvalue weighted by Gasteiger charge is -2.19. The summed E-state index contributed by atoms with van der Waals surface area (Å²) in [6.07, 6.45) is 48.3. The fourth-order valence-corrected chi connectivity index (χ4v) is 6.63. The molecule has 0 radical (unpaired) electrons. The van der Waals surface area contributed by atoms with Gasteiger partial charge in [0.25, 0.3) is 0 Å². The van der Waals surface area contributed by atoms with Crippen LogP contribution in [0.15, 0.2) is 72.9 Å². The normalized spacial score (nSPS) is 14.5. The standard InChI is InChI=1S/C47H82NO9P/c1-3-5-7-9-11-12-13-14-15-16-17-18-19-24-27-31-35-39-47(51)57-45(43-56-58(52,53)55-41-40-48)42-54-46(50)38-34-30-26-23-21-20-22-25-29-33-37-44(49)36-32-28-10-8-6-4-2/h6,8,20-21,25-26,28-30,32-33,37,44-45,49H,3-5,7,9-19,22-24,27,31,34-36,38-43,48H2,1-2H3,(H,52,53)/b8-6-,21-20-,29-25-,30-26-,32-28-,37-33+/t44?,45-/m1/s1. The van der Waals surface area contributed by atoms with Crippen LogP contribution < -0.4 is 5.73 Å². The molecule has 0 amide bonds. The molecular weight excluding hydrogens is 753 g/mol. The van der Waals surface area contributed by atoms with Gasteiger partial charge in [-0.15, -0.1) is 0 Å². The van der Waals surface area contributed by atoms with Crippen LogP contribution in [-0.4, -0.2) is 60.5 Å². The van der Waals surface area contributed by atoms with Crippen LogP contribution in [0.3, 0.4) is 0 Å². The Labute approximate surface area is 353 Å². The minimum atomic E-state index is -4.41. The Morgan fingerprint density at radius 1 is 0.621 bits per heavy atom. The summed E-state index contributed by atoms with van der Waals surface area (Å²) < 4.78 is 32.7. The highest BCUT2D eigenvalue weighted by Gasteiger charge is 2.26. The average Bonchev–Trinajstić information content (AvgIpc) is 3.21. The van der Waals surface area contributed by atoms with Crippen molar-refractivity contribution in [3.05, 3.63) is 72.9 Å². The van der Waals surface area contributed by atoms with Gasteiger partial charge in [-0.1, -0.05) is 189 Å². The van der Waals surface area contributed by atoms with Gasteiger partial charge in [-0.05, 0) is 44.9 Å². The predicted molar refractivity (Wildman–Crippen MR) is 239 cm³/mol. The SMILES string of the molecule is CC/C=C\C/C=C\CC(O)/C=C/C=C\C/C=C\C/C=C\CCC(=O)OC[C@H](COP(=O)(O)OCCN)OC(=O)CCCCCCCCCCCCCCCCCCC. The van der Waals surface area contributed by atoms with Gasteiger partial charge in [0, 0.05) is 19.4 Å². The van der Waals surface area contributed by atoms with E-state index in [9.17, 15) is 24.2 Å². The van der Waals surface area contributed by atoms with Crippen LogP contribution >= 0.6 is 7.82 Å². The maximum atomic E-state index is 12.6. The second-order valence-corrected chi connectivity index (χ2v) is 16.2. The summed E-state index contributed by atoms with van der Waals surface area (Å²) in [5.41, 5.74) is 5.34. The number of carbonyl (C=O) groups is 2. The van der Waals surface area contributed by atoms with Crippen molar-refractivity contribution in [2.24, 2.45) is 5.73 Å². The lowest BCUT2D eigenvalue weighted by molar-refractivity contribution is -0.161. The van der Waals surface area contributed by atoms with Gasteiger partial charge < -0.3 is 25.2 Å². The number of carbonyl (C=O) groups excluding carboxylic acids is 2. The molecule has 334 valence electrons. The highest BCUT2D eigenvalue weighted by molar-refractivity contribution is 7.47. The molecule has 0 aliphatic carbocycles. The first-order valence-corrected chi connectivity index (χ1v) is 24.0. The second-order valence-electron chi connectivity index (χ2n) is 14.7. The Hall–Kier alpha value is -2.59. The zero-order valence-corrected chi connectivity index (χ0v) is 37.3. The number of unbranched alkanes of at least 4 members (excludes halogenated alkanes) is 16. The molecule has 0 saturated heterocycles. The van der Waals surface area contributed by atoms with Crippen LogP contribution in [0.25, 0.3) is 0 Å². The Morgan fingerprint density at radius 2 is 1.16 bits per heavy atom. The summed E-state index contributed by atoms with van der Waals surface area (Å²) in [6.45, 7) is 3.45. The van der Waals surface area contributed by atoms with Gasteiger partial charge in [0.2, 0.25) is 0 Å². The molecule has 11 heteroatoms. The Morgan fingerprint density at radius 3 is 1.74 bits per heavy atom. The van der Waals surface area contributed by atoms with Crippen LogP contribution in [0.4, 0.5) is 0 Å². The molecular formula is C47H82NO9P. The monoisotopic (exact) mass is 836 g/mol. The largest absolute Gasteiger partial charge is 0.472 e. The average molecular weight is 836 g/mol. The second kappa shape index (κ2) is 42.5. The molecule has 0 aliphatic heterocycles. The molecule has 4 N–H and O–H groups in total. The van der Waals surface area contributed by atoms with E-state index < -0.39 is 38.6 Å². The minimum Gasteiger partial charge on any atom is -0.462 e. The van der Waals surface area contributed by atoms with Gasteiger partial charge in [-0.2, -0.15) is 0 Å². The number of phosphoric acid groups is 1. The molecule has 0 bridgehead atoms. The van der Waals surface area contributed by atoms with Crippen LogP contribution in [0.5, 0.6) is 0 Å². The summed E-state index contributed by atoms with van der Waals surface area (Å²) in [5, 5.41) is 9.99. The van der Waals surface area contributed by atoms with Crippen LogP contribution in [-0.2, 0) is 32.7 Å². The molecule has 0 heterocycles. The number of aliphatic hydroxyl groups is 1. The Kier molecular flexibility index (Phi) is 40.6. The Balaban J connectivity index is 4.30. The quantitative estimate of drug-likeness (QED) is 0.0178. The number of rotatable bonds is 41. The number of phosphoric ester groups is 1. The highest BCUT2D eigenvalue weighted by atomic mass is 31.2. The van der Waals surface area contributed by atoms with E-state index in [-0.39, 0.29) is 32.6 Å². The first kappa shape index (κ1) is 55.4. The van der Waals surface area contributed by atoms with E-state index in [4.69, 9.17) is 24.3 Å². The zero-order valence-electron chi connectivity index (χ0n) is 36.4. The molecule has 0 rings (SSSR count). The third-order valence-corrected chi connectivity index (χ3v) is 10.2. The number of hydrogen-bond acceptors (Lipinski definition) is 9. The van der Waals surface area contributed by atoms with Gasteiger partial charge in [0.15, 0.2) is 6.10 Å². The molecule has 10 nitrogen and oxygen atoms in total. The number of aliphatic hydroxyl groups excluding tert-OH is 1. The number of hydrogen-bond donors (Lipinski definition) is 3. The molecule has 0 aliphatic rings. The van der Waals surface area contributed by atoms with Crippen molar-refractivity contribution in [1.29, 1.82) is 0 Å². The summed E-state index contributed by atoms with van der Waals surface area (Å²) >= 11 is 0. The van der Waals surface area contributed by atoms with Crippen molar-refractivity contribution in [2.45, 2.75) is 187 Å². The minimum absolute atomic E-state index is 0.0340. The maximum absolute atomic E-state index is 12.6. The maximum Gasteiger partial charge on any atom is 0.472 e. The summed E-state index contributed by atoms with van der Waals surface area (Å²) in [4.78, 5) is 34.9. The molecule has 0 aromatic heterocycles. The van der Waals surface area contributed by atoms with Crippen LogP contribution in [0, 0.1) is 0 Å². The van der Waals surface area contributed by atoms with Gasteiger partial charge in [-0.3, -0.25) is 18.6 Å². The van der Waals surface area contributed by atoms with Gasteiger partial charge >= 0.3 is 19.8 Å². The zero-order chi connectivity index (χ0) is 42.6. The lowest BCUT2D eigenvalue weighted by atomic mass is 10.0. The molecule has 0 saturated carbocycles. The van der Waals surface area contributed by atoms with E-state index in [0.717, 1.165) is 44.9 Å². The van der Waals surface area contributed by atoms with Gasteiger partial charge in [-0.25, -0.2) is 4.57 Å². The van der Waals surface area contributed by atoms with Crippen molar-refractivity contribution in [3.63, 3.8) is 0 Å². The van der Waals surface area contributed by atoms with Crippen molar-refractivity contribution in [3.8, 4) is 0 Å². The molecule has 0 fully saturated rings. The van der Waals surface area contributed by atoms with Gasteiger partial charge in [0.05, 0.1) is 19.3 Å². The number of esters is 2. The van der Waals surface area contributed by atoms with E-state index >= 15 is 0 Å². The topological polar surface area (TPSA) is 155 Å². The highest BCUT2D eigenvalue weighted by Crippen LogP contribution is 2.43. The van der Waals surface area contributed by atoms with E-state index in [1.807, 2.05) is 48.6 Å². The van der Waals surface area contributed by atoms with Crippen molar-refractivity contribution >= 4 is 19.8 Å².